The first-order valence-corrected chi connectivity index (χ1v) is 5.32. The molecule has 0 saturated heterocycles. The zero-order valence-electron chi connectivity index (χ0n) is 9.62. The van der Waals surface area contributed by atoms with Gasteiger partial charge in [-0.25, -0.2) is 4.98 Å². The number of aryl methyl sites for hydroxylation is 2. The molecule has 6 heteroatoms. The predicted octanol–water partition coefficient (Wildman–Crippen LogP) is 1.42. The number of hydrogen-bond acceptors (Lipinski definition) is 4. The highest BCUT2D eigenvalue weighted by molar-refractivity contribution is 5.61. The second-order valence-corrected chi connectivity index (χ2v) is 3.90. The van der Waals surface area contributed by atoms with E-state index < -0.39 is 0 Å². The van der Waals surface area contributed by atoms with Crippen LogP contribution in [0.2, 0.25) is 0 Å². The van der Waals surface area contributed by atoms with E-state index in [9.17, 15) is 0 Å². The van der Waals surface area contributed by atoms with Gasteiger partial charge >= 0.3 is 0 Å². The minimum absolute atomic E-state index is 0.687. The number of rotatable bonds is 2. The van der Waals surface area contributed by atoms with Crippen LogP contribution in [-0.4, -0.2) is 24.3 Å². The topological polar surface area (TPSA) is 60.0 Å². The molecule has 0 amide bonds. The van der Waals surface area contributed by atoms with E-state index >= 15 is 0 Å². The maximum absolute atomic E-state index is 4.28. The lowest BCUT2D eigenvalue weighted by Gasteiger charge is -2.11. The molecule has 86 valence electrons. The molecular formula is C11H12N6. The summed E-state index contributed by atoms with van der Waals surface area (Å²) < 4.78 is 3.79. The summed E-state index contributed by atoms with van der Waals surface area (Å²) >= 11 is 0. The van der Waals surface area contributed by atoms with Gasteiger partial charge in [-0.05, 0) is 26.0 Å². The van der Waals surface area contributed by atoms with E-state index in [4.69, 9.17) is 0 Å². The summed E-state index contributed by atoms with van der Waals surface area (Å²) in [5.41, 5.74) is 6.17. The van der Waals surface area contributed by atoms with Crippen molar-refractivity contribution in [2.24, 2.45) is 0 Å². The zero-order chi connectivity index (χ0) is 11.8. The minimum atomic E-state index is 0.687. The van der Waals surface area contributed by atoms with E-state index in [1.807, 2.05) is 41.3 Å². The number of nitrogens with one attached hydrogen (secondary N) is 1. The Kier molecular flexibility index (Phi) is 2.07. The highest BCUT2D eigenvalue weighted by Gasteiger charge is 2.07. The van der Waals surface area contributed by atoms with Gasteiger partial charge < -0.3 is 0 Å². The molecule has 17 heavy (non-hydrogen) atoms. The van der Waals surface area contributed by atoms with Gasteiger partial charge in [0.2, 0.25) is 5.65 Å². The van der Waals surface area contributed by atoms with E-state index in [1.165, 1.54) is 0 Å². The smallest absolute Gasteiger partial charge is 0.205 e. The van der Waals surface area contributed by atoms with Crippen LogP contribution >= 0.6 is 0 Å². The van der Waals surface area contributed by atoms with Crippen molar-refractivity contribution >= 4 is 11.5 Å². The third-order valence-electron chi connectivity index (χ3n) is 2.70. The molecule has 0 aliphatic carbocycles. The summed E-state index contributed by atoms with van der Waals surface area (Å²) in [7, 11) is 0. The first kappa shape index (κ1) is 9.83. The lowest BCUT2D eigenvalue weighted by molar-refractivity contribution is 0.868. The summed E-state index contributed by atoms with van der Waals surface area (Å²) in [5, 5.41) is 7.89. The number of aromatic nitrogens is 5. The highest BCUT2D eigenvalue weighted by atomic mass is 15.4. The second kappa shape index (κ2) is 3.58. The van der Waals surface area contributed by atoms with Crippen LogP contribution in [0.1, 0.15) is 11.4 Å². The monoisotopic (exact) mass is 228 g/mol. The van der Waals surface area contributed by atoms with Crippen molar-refractivity contribution in [2.45, 2.75) is 13.8 Å². The van der Waals surface area contributed by atoms with Gasteiger partial charge in [0.1, 0.15) is 6.33 Å². The summed E-state index contributed by atoms with van der Waals surface area (Å²) in [4.78, 5) is 4.28. The average Bonchev–Trinajstić information content (AvgIpc) is 2.91. The van der Waals surface area contributed by atoms with Gasteiger partial charge in [0.15, 0.2) is 5.82 Å². The van der Waals surface area contributed by atoms with Crippen LogP contribution < -0.4 is 5.43 Å². The van der Waals surface area contributed by atoms with E-state index in [-0.39, 0.29) is 0 Å². The highest BCUT2D eigenvalue weighted by Crippen LogP contribution is 2.13. The Morgan fingerprint density at radius 1 is 1.18 bits per heavy atom. The van der Waals surface area contributed by atoms with Crippen molar-refractivity contribution in [3.8, 4) is 0 Å². The molecule has 3 aromatic heterocycles. The van der Waals surface area contributed by atoms with Crippen molar-refractivity contribution in [2.75, 3.05) is 5.43 Å². The Bertz CT molecular complexity index is 646. The van der Waals surface area contributed by atoms with Crippen molar-refractivity contribution in [1.29, 1.82) is 0 Å². The third-order valence-corrected chi connectivity index (χ3v) is 2.70. The number of anilines is 1. The lowest BCUT2D eigenvalue weighted by Crippen LogP contribution is -2.14. The molecule has 0 aliphatic heterocycles. The Hall–Kier alpha value is -2.37. The van der Waals surface area contributed by atoms with Crippen molar-refractivity contribution in [3.05, 3.63) is 42.2 Å². The lowest BCUT2D eigenvalue weighted by atomic mass is 10.5. The van der Waals surface area contributed by atoms with Crippen LogP contribution in [0.4, 0.5) is 5.82 Å². The van der Waals surface area contributed by atoms with Gasteiger partial charge in [0, 0.05) is 23.8 Å². The van der Waals surface area contributed by atoms with Crippen LogP contribution in [0.3, 0.4) is 0 Å². The Morgan fingerprint density at radius 3 is 2.71 bits per heavy atom. The minimum Gasteiger partial charge on any atom is -0.284 e. The SMILES string of the molecule is Cc1ccc(C)n1Nc1nccn2cnnc12. The molecule has 1 N–H and O–H groups in total. The Balaban J connectivity index is 2.08. The fourth-order valence-corrected chi connectivity index (χ4v) is 1.79. The fraction of sp³-hybridized carbons (Fsp3) is 0.182. The van der Waals surface area contributed by atoms with Crippen LogP contribution in [-0.2, 0) is 0 Å². The number of fused-ring (bicyclic) bond motifs is 1. The summed E-state index contributed by atoms with van der Waals surface area (Å²) in [6.45, 7) is 4.06. The molecule has 0 aliphatic rings. The van der Waals surface area contributed by atoms with Crippen LogP contribution in [0, 0.1) is 13.8 Å². The first-order chi connectivity index (χ1) is 8.25. The molecule has 3 rings (SSSR count). The summed E-state index contributed by atoms with van der Waals surface area (Å²) in [6, 6.07) is 4.10. The third kappa shape index (κ3) is 1.54. The molecular weight excluding hydrogens is 216 g/mol. The van der Waals surface area contributed by atoms with E-state index in [2.05, 4.69) is 20.6 Å². The fourth-order valence-electron chi connectivity index (χ4n) is 1.79. The van der Waals surface area contributed by atoms with Gasteiger partial charge in [-0.15, -0.1) is 10.2 Å². The standard InChI is InChI=1S/C11H12N6/c1-8-3-4-9(2)17(8)15-10-11-14-13-7-16(11)6-5-12-10/h3-7H,1-2H3,(H,12,15). The van der Waals surface area contributed by atoms with Gasteiger partial charge in [-0.3, -0.25) is 14.5 Å². The molecule has 0 spiro atoms. The van der Waals surface area contributed by atoms with Crippen molar-refractivity contribution in [3.63, 3.8) is 0 Å². The summed E-state index contributed by atoms with van der Waals surface area (Å²) in [6.07, 6.45) is 5.18. The molecule has 0 aromatic carbocycles. The van der Waals surface area contributed by atoms with Crippen LogP contribution in [0.25, 0.3) is 5.65 Å². The number of nitrogens with zero attached hydrogens (tertiary/aromatic N) is 5. The predicted molar refractivity (Wildman–Crippen MR) is 63.7 cm³/mol. The Morgan fingerprint density at radius 2 is 1.94 bits per heavy atom. The van der Waals surface area contributed by atoms with Gasteiger partial charge in [-0.2, -0.15) is 0 Å². The molecule has 0 saturated carbocycles. The quantitative estimate of drug-likeness (QED) is 0.720. The van der Waals surface area contributed by atoms with Gasteiger partial charge in [-0.1, -0.05) is 0 Å². The maximum Gasteiger partial charge on any atom is 0.205 e. The van der Waals surface area contributed by atoms with E-state index in [0.717, 1.165) is 11.4 Å². The van der Waals surface area contributed by atoms with Crippen molar-refractivity contribution < 1.29 is 0 Å². The molecule has 0 bridgehead atoms. The largest absolute Gasteiger partial charge is 0.284 e. The number of hydrogen-bond donors (Lipinski definition) is 1. The molecule has 0 unspecified atom stereocenters. The van der Waals surface area contributed by atoms with E-state index in [0.29, 0.717) is 11.5 Å². The molecule has 0 radical (unpaired) electrons. The molecule has 3 heterocycles. The zero-order valence-corrected chi connectivity index (χ0v) is 9.62. The first-order valence-electron chi connectivity index (χ1n) is 5.32. The second-order valence-electron chi connectivity index (χ2n) is 3.90. The molecule has 3 aromatic rings. The average molecular weight is 228 g/mol. The van der Waals surface area contributed by atoms with Crippen LogP contribution in [0.15, 0.2) is 30.9 Å². The van der Waals surface area contributed by atoms with E-state index in [1.54, 1.807) is 12.5 Å². The molecule has 0 atom stereocenters. The van der Waals surface area contributed by atoms with Gasteiger partial charge in [0.25, 0.3) is 0 Å². The Labute approximate surface area is 97.9 Å². The summed E-state index contributed by atoms with van der Waals surface area (Å²) in [5.74, 6) is 0.687. The molecule has 6 nitrogen and oxygen atoms in total. The molecule has 0 fully saturated rings. The van der Waals surface area contributed by atoms with Crippen molar-refractivity contribution in [1.82, 2.24) is 24.3 Å². The van der Waals surface area contributed by atoms with Gasteiger partial charge in [0.05, 0.1) is 0 Å². The maximum atomic E-state index is 4.28. The normalized spacial score (nSPS) is 10.9. The van der Waals surface area contributed by atoms with Crippen LogP contribution in [0.5, 0.6) is 0 Å².